The number of allylic oxidation sites excluding steroid dienone is 1. The van der Waals surface area contributed by atoms with E-state index in [-0.39, 0.29) is 0 Å². The van der Waals surface area contributed by atoms with Crippen molar-refractivity contribution in [3.8, 4) is 5.75 Å². The van der Waals surface area contributed by atoms with Gasteiger partial charge in [0.25, 0.3) is 0 Å². The number of hydrogen-bond donors (Lipinski definition) is 0. The summed E-state index contributed by atoms with van der Waals surface area (Å²) in [6.45, 7) is 3.02. The van der Waals surface area contributed by atoms with E-state index in [0.717, 1.165) is 48.9 Å². The van der Waals surface area contributed by atoms with E-state index >= 15 is 0 Å². The van der Waals surface area contributed by atoms with E-state index in [2.05, 4.69) is 31.2 Å². The second-order valence-corrected chi connectivity index (χ2v) is 9.10. The Morgan fingerprint density at radius 2 is 1.57 bits per heavy atom. The summed E-state index contributed by atoms with van der Waals surface area (Å²) in [5, 5.41) is 0. The van der Waals surface area contributed by atoms with Crippen LogP contribution < -0.4 is 4.74 Å². The Kier molecular flexibility index (Phi) is 8.89. The van der Waals surface area contributed by atoms with Crippen LogP contribution in [0.1, 0.15) is 95.5 Å². The Morgan fingerprint density at radius 1 is 0.929 bits per heavy atom. The predicted molar refractivity (Wildman–Crippen MR) is 116 cm³/mol. The lowest BCUT2D eigenvalue weighted by Crippen LogP contribution is -2.25. The summed E-state index contributed by atoms with van der Waals surface area (Å²) >= 11 is 0. The maximum atomic E-state index is 12.1. The summed E-state index contributed by atoms with van der Waals surface area (Å²) in [4.78, 5) is 0. The standard InChI is InChI=1S/C26H39FO/c1-2-3-20-28-26-17-15-25(16-18-26)24-13-11-23(12-14-24)22-9-7-21(8-10-22)6-4-5-19-27/h5,15-19,21-24H,2-4,6-14,20H2,1H3/b19-5+/t21-,22-,23?,24?. The fraction of sp³-hybridized carbons (Fsp3) is 0.692. The van der Waals surface area contributed by atoms with Crippen molar-refractivity contribution in [2.45, 2.75) is 89.9 Å². The molecule has 156 valence electrons. The van der Waals surface area contributed by atoms with Crippen LogP contribution in [0.3, 0.4) is 0 Å². The highest BCUT2D eigenvalue weighted by Gasteiger charge is 2.31. The maximum absolute atomic E-state index is 12.1. The number of rotatable bonds is 9. The lowest BCUT2D eigenvalue weighted by atomic mass is 9.68. The molecule has 0 N–H and O–H groups in total. The van der Waals surface area contributed by atoms with Crippen LogP contribution >= 0.6 is 0 Å². The molecule has 0 saturated heterocycles. The number of benzene rings is 1. The molecule has 1 aromatic carbocycles. The molecule has 0 heterocycles. The molecule has 0 radical (unpaired) electrons. The van der Waals surface area contributed by atoms with Gasteiger partial charge in [-0.3, -0.25) is 0 Å². The molecule has 0 atom stereocenters. The van der Waals surface area contributed by atoms with Crippen molar-refractivity contribution in [3.05, 3.63) is 42.2 Å². The summed E-state index contributed by atoms with van der Waals surface area (Å²) in [6, 6.07) is 8.92. The van der Waals surface area contributed by atoms with Gasteiger partial charge in [0.05, 0.1) is 12.9 Å². The molecule has 0 aromatic heterocycles. The Balaban J connectivity index is 1.39. The third kappa shape index (κ3) is 6.36. The Hall–Kier alpha value is -1.31. The first-order valence-corrected chi connectivity index (χ1v) is 11.8. The van der Waals surface area contributed by atoms with Crippen LogP contribution in [-0.2, 0) is 0 Å². The second-order valence-electron chi connectivity index (χ2n) is 9.10. The highest BCUT2D eigenvalue weighted by molar-refractivity contribution is 5.29. The normalized spacial score (nSPS) is 28.5. The maximum Gasteiger partial charge on any atom is 0.119 e. The molecule has 2 fully saturated rings. The molecular formula is C26H39FO. The summed E-state index contributed by atoms with van der Waals surface area (Å²) in [6.07, 6.45) is 17.8. The van der Waals surface area contributed by atoms with Crippen LogP contribution in [0.2, 0.25) is 0 Å². The lowest BCUT2D eigenvalue weighted by molar-refractivity contribution is 0.157. The quantitative estimate of drug-likeness (QED) is 0.388. The molecule has 1 nitrogen and oxygen atoms in total. The van der Waals surface area contributed by atoms with Crippen LogP contribution in [0.4, 0.5) is 4.39 Å². The summed E-state index contributed by atoms with van der Waals surface area (Å²) in [5.74, 6) is 4.49. The van der Waals surface area contributed by atoms with E-state index in [0.29, 0.717) is 6.33 Å². The Morgan fingerprint density at radius 3 is 2.18 bits per heavy atom. The number of hydrogen-bond acceptors (Lipinski definition) is 1. The van der Waals surface area contributed by atoms with E-state index in [9.17, 15) is 4.39 Å². The lowest BCUT2D eigenvalue weighted by Gasteiger charge is -2.38. The van der Waals surface area contributed by atoms with Gasteiger partial charge in [-0.05, 0) is 99.2 Å². The fourth-order valence-corrected chi connectivity index (χ4v) is 5.44. The number of ether oxygens (including phenoxy) is 1. The first-order chi connectivity index (χ1) is 13.8. The van der Waals surface area contributed by atoms with Gasteiger partial charge in [0.1, 0.15) is 5.75 Å². The van der Waals surface area contributed by atoms with Gasteiger partial charge in [0.2, 0.25) is 0 Å². The van der Waals surface area contributed by atoms with Gasteiger partial charge in [-0.1, -0.05) is 44.4 Å². The van der Waals surface area contributed by atoms with Crippen molar-refractivity contribution in [1.82, 2.24) is 0 Å². The minimum Gasteiger partial charge on any atom is -0.494 e. The van der Waals surface area contributed by atoms with Crippen molar-refractivity contribution < 1.29 is 9.13 Å². The minimum atomic E-state index is 0.705. The molecule has 2 saturated carbocycles. The first kappa shape index (κ1) is 21.4. The average Bonchev–Trinajstić information content (AvgIpc) is 2.75. The molecule has 2 heteroatoms. The monoisotopic (exact) mass is 386 g/mol. The van der Waals surface area contributed by atoms with Gasteiger partial charge < -0.3 is 4.74 Å². The number of halogens is 1. The first-order valence-electron chi connectivity index (χ1n) is 11.8. The largest absolute Gasteiger partial charge is 0.494 e. The smallest absolute Gasteiger partial charge is 0.119 e. The van der Waals surface area contributed by atoms with Crippen molar-refractivity contribution in [3.63, 3.8) is 0 Å². The second kappa shape index (κ2) is 11.6. The molecule has 2 aliphatic carbocycles. The van der Waals surface area contributed by atoms with Gasteiger partial charge in [-0.25, -0.2) is 4.39 Å². The van der Waals surface area contributed by atoms with Crippen LogP contribution in [0.15, 0.2) is 36.7 Å². The summed E-state index contributed by atoms with van der Waals surface area (Å²) in [5.41, 5.74) is 1.51. The fourth-order valence-electron chi connectivity index (χ4n) is 5.44. The van der Waals surface area contributed by atoms with Crippen LogP contribution in [-0.4, -0.2) is 6.61 Å². The molecule has 0 bridgehead atoms. The van der Waals surface area contributed by atoms with E-state index in [4.69, 9.17) is 4.74 Å². The van der Waals surface area contributed by atoms with Crippen LogP contribution in [0, 0.1) is 17.8 Å². The van der Waals surface area contributed by atoms with E-state index < -0.39 is 0 Å². The highest BCUT2D eigenvalue weighted by atomic mass is 19.1. The van der Waals surface area contributed by atoms with Crippen molar-refractivity contribution in [2.24, 2.45) is 17.8 Å². The Bertz CT molecular complexity index is 563. The SMILES string of the molecule is CCCCOc1ccc(C2CCC([C@H]3CC[C@H](CC/C=C/F)CC3)CC2)cc1. The molecule has 28 heavy (non-hydrogen) atoms. The van der Waals surface area contributed by atoms with Crippen LogP contribution in [0.25, 0.3) is 0 Å². The predicted octanol–water partition coefficient (Wildman–Crippen LogP) is 8.21. The van der Waals surface area contributed by atoms with E-state index in [1.54, 1.807) is 6.08 Å². The molecule has 0 spiro atoms. The Labute approximate surface area is 171 Å². The third-order valence-corrected chi connectivity index (χ3v) is 7.28. The molecular weight excluding hydrogens is 347 g/mol. The molecule has 2 aliphatic rings. The summed E-state index contributed by atoms with van der Waals surface area (Å²) in [7, 11) is 0. The molecule has 0 aliphatic heterocycles. The molecule has 0 unspecified atom stereocenters. The molecule has 0 amide bonds. The van der Waals surface area contributed by atoms with Gasteiger partial charge in [-0.15, -0.1) is 0 Å². The van der Waals surface area contributed by atoms with E-state index in [1.165, 1.54) is 69.8 Å². The van der Waals surface area contributed by atoms with Gasteiger partial charge in [-0.2, -0.15) is 0 Å². The average molecular weight is 387 g/mol. The zero-order valence-electron chi connectivity index (χ0n) is 17.8. The molecule has 3 rings (SSSR count). The molecule has 1 aromatic rings. The van der Waals surface area contributed by atoms with Crippen molar-refractivity contribution >= 4 is 0 Å². The zero-order valence-corrected chi connectivity index (χ0v) is 17.8. The zero-order chi connectivity index (χ0) is 19.6. The van der Waals surface area contributed by atoms with Crippen molar-refractivity contribution in [1.29, 1.82) is 0 Å². The van der Waals surface area contributed by atoms with Crippen molar-refractivity contribution in [2.75, 3.05) is 6.61 Å². The topological polar surface area (TPSA) is 9.23 Å². The minimum absolute atomic E-state index is 0.705. The van der Waals surface area contributed by atoms with Gasteiger partial charge >= 0.3 is 0 Å². The van der Waals surface area contributed by atoms with Gasteiger partial charge in [0.15, 0.2) is 0 Å². The third-order valence-electron chi connectivity index (χ3n) is 7.28. The van der Waals surface area contributed by atoms with Crippen LogP contribution in [0.5, 0.6) is 5.75 Å². The number of unbranched alkanes of at least 4 members (excludes halogenated alkanes) is 1. The highest BCUT2D eigenvalue weighted by Crippen LogP contribution is 2.44. The summed E-state index contributed by atoms with van der Waals surface area (Å²) < 4.78 is 17.9. The van der Waals surface area contributed by atoms with Gasteiger partial charge in [0, 0.05) is 0 Å². The van der Waals surface area contributed by atoms with E-state index in [1.807, 2.05) is 0 Å².